The molecule has 120 valence electrons. The van der Waals surface area contributed by atoms with Gasteiger partial charge in [0.05, 0.1) is 24.7 Å². The number of nitro benzene ring substituents is 1. The first-order chi connectivity index (χ1) is 11.1. The Morgan fingerprint density at radius 2 is 2.17 bits per heavy atom. The number of rotatable bonds is 6. The lowest BCUT2D eigenvalue weighted by atomic mass is 10.1. The van der Waals surface area contributed by atoms with Gasteiger partial charge in [-0.15, -0.1) is 0 Å². The molecule has 1 heterocycles. The second kappa shape index (κ2) is 7.21. The average Bonchev–Trinajstić information content (AvgIpc) is 2.59. The van der Waals surface area contributed by atoms with Crippen LogP contribution < -0.4 is 10.1 Å². The zero-order chi connectivity index (χ0) is 16.8. The molecule has 0 bridgehead atoms. The van der Waals surface area contributed by atoms with Gasteiger partial charge in [0.2, 0.25) is 0 Å². The molecule has 8 nitrogen and oxygen atoms in total. The maximum atomic E-state index is 11.6. The summed E-state index contributed by atoms with van der Waals surface area (Å²) in [6.07, 6.45) is 3.28. The quantitative estimate of drug-likeness (QED) is 0.495. The number of nitro groups is 1. The number of ether oxygens (including phenoxy) is 2. The number of esters is 1. The highest BCUT2D eigenvalue weighted by molar-refractivity contribution is 5.92. The molecule has 0 saturated heterocycles. The molecule has 23 heavy (non-hydrogen) atoms. The molecule has 8 heteroatoms. The average molecular weight is 317 g/mol. The number of hydrogen-bond acceptors (Lipinski definition) is 7. The summed E-state index contributed by atoms with van der Waals surface area (Å²) in [6, 6.07) is 6.15. The van der Waals surface area contributed by atoms with Crippen LogP contribution in [-0.4, -0.2) is 30.1 Å². The SMILES string of the molecule is COC(=O)c1cc(OC)c(NCc2cccnc2)c([N+](=O)[O-])c1. The van der Waals surface area contributed by atoms with Crippen molar-refractivity contribution in [1.82, 2.24) is 4.98 Å². The smallest absolute Gasteiger partial charge is 0.338 e. The van der Waals surface area contributed by atoms with E-state index in [0.717, 1.165) is 11.6 Å². The summed E-state index contributed by atoms with van der Waals surface area (Å²) in [5.41, 5.74) is 0.812. The number of anilines is 1. The van der Waals surface area contributed by atoms with Gasteiger partial charge in [-0.1, -0.05) is 6.07 Å². The first kappa shape index (κ1) is 16.2. The van der Waals surface area contributed by atoms with Crippen LogP contribution in [0.15, 0.2) is 36.7 Å². The van der Waals surface area contributed by atoms with Crippen molar-refractivity contribution in [2.45, 2.75) is 6.54 Å². The van der Waals surface area contributed by atoms with Gasteiger partial charge >= 0.3 is 5.97 Å². The predicted octanol–water partition coefficient (Wildman–Crippen LogP) is 2.40. The van der Waals surface area contributed by atoms with Crippen molar-refractivity contribution in [2.24, 2.45) is 0 Å². The van der Waals surface area contributed by atoms with E-state index in [4.69, 9.17) is 4.74 Å². The molecule has 0 aliphatic heterocycles. The highest BCUT2D eigenvalue weighted by Crippen LogP contribution is 2.36. The van der Waals surface area contributed by atoms with Crippen LogP contribution in [0.5, 0.6) is 5.75 Å². The molecule has 0 fully saturated rings. The monoisotopic (exact) mass is 317 g/mol. The molecule has 0 aliphatic rings. The van der Waals surface area contributed by atoms with E-state index in [2.05, 4.69) is 15.0 Å². The van der Waals surface area contributed by atoms with Crippen molar-refractivity contribution in [3.05, 3.63) is 57.9 Å². The van der Waals surface area contributed by atoms with E-state index < -0.39 is 10.9 Å². The third-order valence-corrected chi connectivity index (χ3v) is 3.11. The van der Waals surface area contributed by atoms with Gasteiger partial charge < -0.3 is 14.8 Å². The Bertz CT molecular complexity index is 719. The zero-order valence-corrected chi connectivity index (χ0v) is 12.6. The van der Waals surface area contributed by atoms with Crippen LogP contribution in [0.3, 0.4) is 0 Å². The second-order valence-corrected chi connectivity index (χ2v) is 4.54. The Kier molecular flexibility index (Phi) is 5.08. The topological polar surface area (TPSA) is 104 Å². The number of nitrogens with zero attached hydrogens (tertiary/aromatic N) is 2. The normalized spacial score (nSPS) is 10.0. The Labute approximate surface area is 132 Å². The Morgan fingerprint density at radius 1 is 1.39 bits per heavy atom. The summed E-state index contributed by atoms with van der Waals surface area (Å²) in [5.74, 6) is -0.492. The number of benzene rings is 1. The van der Waals surface area contributed by atoms with Gasteiger partial charge in [0.25, 0.3) is 5.69 Å². The van der Waals surface area contributed by atoms with Crippen molar-refractivity contribution in [1.29, 1.82) is 0 Å². The maximum absolute atomic E-state index is 11.6. The zero-order valence-electron chi connectivity index (χ0n) is 12.6. The van der Waals surface area contributed by atoms with Crippen LogP contribution in [0.25, 0.3) is 0 Å². The lowest BCUT2D eigenvalue weighted by molar-refractivity contribution is -0.384. The summed E-state index contributed by atoms with van der Waals surface area (Å²) < 4.78 is 9.76. The van der Waals surface area contributed by atoms with E-state index in [9.17, 15) is 14.9 Å². The van der Waals surface area contributed by atoms with E-state index in [-0.39, 0.29) is 22.7 Å². The maximum Gasteiger partial charge on any atom is 0.338 e. The van der Waals surface area contributed by atoms with E-state index in [1.165, 1.54) is 20.3 Å². The molecule has 0 unspecified atom stereocenters. The minimum Gasteiger partial charge on any atom is -0.494 e. The minimum atomic E-state index is -0.676. The highest BCUT2D eigenvalue weighted by Gasteiger charge is 2.23. The Morgan fingerprint density at radius 3 is 2.74 bits per heavy atom. The molecule has 0 amide bonds. The number of pyridine rings is 1. The van der Waals surface area contributed by atoms with E-state index >= 15 is 0 Å². The molecular formula is C15H15N3O5. The number of nitrogens with one attached hydrogen (secondary N) is 1. The summed E-state index contributed by atoms with van der Waals surface area (Å²) in [7, 11) is 2.57. The van der Waals surface area contributed by atoms with E-state index in [1.807, 2.05) is 6.07 Å². The van der Waals surface area contributed by atoms with Crippen molar-refractivity contribution in [2.75, 3.05) is 19.5 Å². The fourth-order valence-electron chi connectivity index (χ4n) is 2.01. The largest absolute Gasteiger partial charge is 0.494 e. The number of methoxy groups -OCH3 is 2. The number of carbonyl (C=O) groups excluding carboxylic acids is 1. The van der Waals surface area contributed by atoms with Gasteiger partial charge in [-0.05, 0) is 17.7 Å². The van der Waals surface area contributed by atoms with Gasteiger partial charge in [-0.25, -0.2) is 4.79 Å². The van der Waals surface area contributed by atoms with Crippen LogP contribution in [0.1, 0.15) is 15.9 Å². The number of carbonyl (C=O) groups is 1. The first-order valence-electron chi connectivity index (χ1n) is 6.64. The molecule has 0 aliphatic carbocycles. The van der Waals surface area contributed by atoms with Crippen molar-refractivity contribution >= 4 is 17.3 Å². The summed E-state index contributed by atoms with van der Waals surface area (Å²) in [6.45, 7) is 0.322. The number of aromatic nitrogens is 1. The third-order valence-electron chi connectivity index (χ3n) is 3.11. The van der Waals surface area contributed by atoms with Crippen molar-refractivity contribution in [3.8, 4) is 5.75 Å². The van der Waals surface area contributed by atoms with Gasteiger partial charge in [0.1, 0.15) is 5.75 Å². The summed E-state index contributed by atoms with van der Waals surface area (Å²) in [5, 5.41) is 14.3. The van der Waals surface area contributed by atoms with Crippen LogP contribution in [0.4, 0.5) is 11.4 Å². The Hall–Kier alpha value is -3.16. The fourth-order valence-corrected chi connectivity index (χ4v) is 2.01. The standard InChI is InChI=1S/C15H15N3O5/c1-22-13-7-11(15(19)23-2)6-12(18(20)21)14(13)17-9-10-4-3-5-16-8-10/h3-8,17H,9H2,1-2H3. The molecule has 1 aromatic carbocycles. The van der Waals surface area contributed by atoms with E-state index in [0.29, 0.717) is 6.54 Å². The second-order valence-electron chi connectivity index (χ2n) is 4.54. The molecule has 1 N–H and O–H groups in total. The van der Waals surface area contributed by atoms with Crippen LogP contribution >= 0.6 is 0 Å². The molecular weight excluding hydrogens is 302 g/mol. The molecule has 1 aromatic heterocycles. The van der Waals surface area contributed by atoms with Gasteiger partial charge in [0, 0.05) is 25.0 Å². The molecule has 0 atom stereocenters. The summed E-state index contributed by atoms with van der Waals surface area (Å²) in [4.78, 5) is 26.3. The third kappa shape index (κ3) is 3.73. The number of hydrogen-bond donors (Lipinski definition) is 1. The lowest BCUT2D eigenvalue weighted by Crippen LogP contribution is -2.08. The fraction of sp³-hybridized carbons (Fsp3) is 0.200. The van der Waals surface area contributed by atoms with Crippen molar-refractivity contribution < 1.29 is 19.2 Å². The van der Waals surface area contributed by atoms with Gasteiger partial charge in [0.15, 0.2) is 5.69 Å². The van der Waals surface area contributed by atoms with Gasteiger partial charge in [-0.3, -0.25) is 15.1 Å². The lowest BCUT2D eigenvalue weighted by Gasteiger charge is -2.13. The van der Waals surface area contributed by atoms with Gasteiger partial charge in [-0.2, -0.15) is 0 Å². The van der Waals surface area contributed by atoms with Crippen LogP contribution in [0.2, 0.25) is 0 Å². The van der Waals surface area contributed by atoms with Crippen LogP contribution in [0, 0.1) is 10.1 Å². The van der Waals surface area contributed by atoms with Crippen molar-refractivity contribution in [3.63, 3.8) is 0 Å². The molecule has 2 rings (SSSR count). The highest BCUT2D eigenvalue weighted by atomic mass is 16.6. The Balaban J connectivity index is 2.40. The minimum absolute atomic E-state index is 0.0444. The van der Waals surface area contributed by atoms with E-state index in [1.54, 1.807) is 18.5 Å². The molecule has 0 radical (unpaired) electrons. The molecule has 0 saturated carbocycles. The molecule has 2 aromatic rings. The summed E-state index contributed by atoms with van der Waals surface area (Å²) >= 11 is 0. The molecule has 0 spiro atoms. The van der Waals surface area contributed by atoms with Crippen LogP contribution in [-0.2, 0) is 11.3 Å². The predicted molar refractivity (Wildman–Crippen MR) is 82.6 cm³/mol. The first-order valence-corrected chi connectivity index (χ1v) is 6.64.